The van der Waals surface area contributed by atoms with Crippen molar-refractivity contribution in [2.75, 3.05) is 13.7 Å². The molecule has 0 atom stereocenters. The molecule has 0 radical (unpaired) electrons. The van der Waals surface area contributed by atoms with Crippen LogP contribution in [0.2, 0.25) is 0 Å². The highest BCUT2D eigenvalue weighted by atomic mass is 16.6. The molecule has 0 fully saturated rings. The highest BCUT2D eigenvalue weighted by molar-refractivity contribution is 6.12. The van der Waals surface area contributed by atoms with Gasteiger partial charge in [-0.05, 0) is 42.8 Å². The summed E-state index contributed by atoms with van der Waals surface area (Å²) in [4.78, 5) is 16.4. The van der Waals surface area contributed by atoms with Crippen molar-refractivity contribution in [1.29, 1.82) is 5.26 Å². The number of aliphatic imine (C=N–C) groups is 1. The first kappa shape index (κ1) is 17.2. The lowest BCUT2D eigenvalue weighted by Gasteiger charge is -2.08. The fourth-order valence-electron chi connectivity index (χ4n) is 2.39. The molecule has 0 spiro atoms. The monoisotopic (exact) mass is 348 g/mol. The number of aryl methyl sites for hydroxylation is 1. The maximum atomic E-state index is 12.1. The van der Waals surface area contributed by atoms with Crippen LogP contribution in [0.4, 0.5) is 0 Å². The highest BCUT2D eigenvalue weighted by Crippen LogP contribution is 2.29. The van der Waals surface area contributed by atoms with Gasteiger partial charge in [0.1, 0.15) is 6.07 Å². The Morgan fingerprint density at radius 1 is 1.19 bits per heavy atom. The van der Waals surface area contributed by atoms with Crippen LogP contribution in [0.5, 0.6) is 11.5 Å². The van der Waals surface area contributed by atoms with E-state index in [1.807, 2.05) is 37.3 Å². The molecule has 2 aromatic carbocycles. The number of hydrogen-bond acceptors (Lipinski definition) is 6. The quantitative estimate of drug-likeness (QED) is 0.612. The number of benzene rings is 2. The first-order valence-electron chi connectivity index (χ1n) is 7.88. The Balaban J connectivity index is 1.88. The molecule has 0 aromatic heterocycles. The minimum atomic E-state index is -0.510. The molecular formula is C20H16N2O4. The maximum absolute atomic E-state index is 12.1. The number of cyclic esters (lactones) is 1. The average Bonchev–Trinajstić information content (AvgIpc) is 3.01. The van der Waals surface area contributed by atoms with Gasteiger partial charge in [0.05, 0.1) is 7.11 Å². The molecule has 0 saturated heterocycles. The molecule has 130 valence electrons. The summed E-state index contributed by atoms with van der Waals surface area (Å²) in [5.41, 5.74) is 2.76. The van der Waals surface area contributed by atoms with Crippen LogP contribution >= 0.6 is 0 Å². The van der Waals surface area contributed by atoms with Crippen molar-refractivity contribution in [3.05, 3.63) is 64.9 Å². The van der Waals surface area contributed by atoms with Crippen LogP contribution in [-0.4, -0.2) is 25.6 Å². The van der Waals surface area contributed by atoms with Crippen LogP contribution in [0.1, 0.15) is 16.7 Å². The summed E-state index contributed by atoms with van der Waals surface area (Å²) in [5.74, 6) is 0.685. The van der Waals surface area contributed by atoms with E-state index < -0.39 is 5.97 Å². The molecule has 6 heteroatoms. The number of nitrogens with zero attached hydrogens (tertiary/aromatic N) is 2. The lowest BCUT2D eigenvalue weighted by Crippen LogP contribution is -2.05. The van der Waals surface area contributed by atoms with Crippen LogP contribution in [0.3, 0.4) is 0 Å². The van der Waals surface area contributed by atoms with Crippen molar-refractivity contribution in [2.24, 2.45) is 4.99 Å². The van der Waals surface area contributed by atoms with E-state index in [1.54, 1.807) is 24.3 Å². The van der Waals surface area contributed by atoms with Gasteiger partial charge in [0.15, 0.2) is 23.8 Å². The molecule has 0 N–H and O–H groups in total. The van der Waals surface area contributed by atoms with E-state index in [2.05, 4.69) is 4.99 Å². The van der Waals surface area contributed by atoms with E-state index in [4.69, 9.17) is 19.5 Å². The Kier molecular flexibility index (Phi) is 4.99. The number of carbonyl (C=O) groups is 1. The van der Waals surface area contributed by atoms with Crippen LogP contribution in [0.25, 0.3) is 6.08 Å². The standard InChI is InChI=1S/C20H16N2O4/c1-13-3-6-15(7-4-13)19-22-16(20(23)26-19)11-14-5-8-17(25-10-9-21)18(12-14)24-2/h3-8,11-12H,10H2,1-2H3/b16-11+. The van der Waals surface area contributed by atoms with E-state index in [-0.39, 0.29) is 18.2 Å². The number of carbonyl (C=O) groups excluding carboxylic acids is 1. The van der Waals surface area contributed by atoms with E-state index in [0.717, 1.165) is 11.1 Å². The molecule has 0 saturated carbocycles. The van der Waals surface area contributed by atoms with Crippen molar-refractivity contribution >= 4 is 17.9 Å². The third kappa shape index (κ3) is 3.73. The predicted molar refractivity (Wildman–Crippen MR) is 95.9 cm³/mol. The molecule has 2 aromatic rings. The van der Waals surface area contributed by atoms with Crippen molar-refractivity contribution in [3.63, 3.8) is 0 Å². The summed E-state index contributed by atoms with van der Waals surface area (Å²) in [6.45, 7) is 1.91. The lowest BCUT2D eigenvalue weighted by atomic mass is 10.1. The van der Waals surface area contributed by atoms with Crippen LogP contribution in [0.15, 0.2) is 53.2 Å². The Morgan fingerprint density at radius 2 is 1.96 bits per heavy atom. The number of hydrogen-bond donors (Lipinski definition) is 0. The zero-order valence-electron chi connectivity index (χ0n) is 14.4. The molecular weight excluding hydrogens is 332 g/mol. The Labute approximate surface area is 151 Å². The average molecular weight is 348 g/mol. The highest BCUT2D eigenvalue weighted by Gasteiger charge is 2.24. The number of rotatable bonds is 5. The SMILES string of the molecule is COc1cc(/C=C2/N=C(c3ccc(C)cc3)OC2=O)ccc1OCC#N. The summed E-state index contributed by atoms with van der Waals surface area (Å²) in [7, 11) is 1.50. The predicted octanol–water partition coefficient (Wildman–Crippen LogP) is 3.25. The Morgan fingerprint density at radius 3 is 2.65 bits per heavy atom. The summed E-state index contributed by atoms with van der Waals surface area (Å²) in [6, 6.07) is 14.6. The van der Waals surface area contributed by atoms with Crippen molar-refractivity contribution in [1.82, 2.24) is 0 Å². The van der Waals surface area contributed by atoms with E-state index in [1.165, 1.54) is 7.11 Å². The molecule has 6 nitrogen and oxygen atoms in total. The third-order valence-electron chi connectivity index (χ3n) is 3.70. The summed E-state index contributed by atoms with van der Waals surface area (Å²) in [5, 5.41) is 8.61. The van der Waals surface area contributed by atoms with E-state index in [9.17, 15) is 4.79 Å². The van der Waals surface area contributed by atoms with Gasteiger partial charge in [-0.25, -0.2) is 9.79 Å². The smallest absolute Gasteiger partial charge is 0.363 e. The van der Waals surface area contributed by atoms with Gasteiger partial charge in [0.2, 0.25) is 5.90 Å². The zero-order valence-corrected chi connectivity index (χ0v) is 14.4. The molecule has 3 rings (SSSR count). The molecule has 1 heterocycles. The Bertz CT molecular complexity index is 937. The van der Waals surface area contributed by atoms with Gasteiger partial charge in [-0.2, -0.15) is 5.26 Å². The normalized spacial score (nSPS) is 14.6. The van der Waals surface area contributed by atoms with Crippen molar-refractivity contribution < 1.29 is 19.0 Å². The number of ether oxygens (including phenoxy) is 3. The minimum absolute atomic E-state index is 0.0761. The number of methoxy groups -OCH3 is 1. The van der Waals surface area contributed by atoms with Crippen LogP contribution in [-0.2, 0) is 9.53 Å². The molecule has 1 aliphatic rings. The van der Waals surface area contributed by atoms with E-state index >= 15 is 0 Å². The van der Waals surface area contributed by atoms with Gasteiger partial charge in [0.25, 0.3) is 0 Å². The second kappa shape index (κ2) is 7.53. The summed E-state index contributed by atoms with van der Waals surface area (Å²) < 4.78 is 15.8. The summed E-state index contributed by atoms with van der Waals surface area (Å²) in [6.07, 6.45) is 1.61. The Hall–Kier alpha value is -3.59. The zero-order chi connectivity index (χ0) is 18.5. The number of nitriles is 1. The van der Waals surface area contributed by atoms with Crippen LogP contribution < -0.4 is 9.47 Å². The second-order valence-electron chi connectivity index (χ2n) is 5.56. The second-order valence-corrected chi connectivity index (χ2v) is 5.56. The first-order chi connectivity index (χ1) is 12.6. The van der Waals surface area contributed by atoms with Gasteiger partial charge >= 0.3 is 5.97 Å². The van der Waals surface area contributed by atoms with Crippen molar-refractivity contribution in [3.8, 4) is 17.6 Å². The fraction of sp³-hybridized carbons (Fsp3) is 0.150. The van der Waals surface area contributed by atoms with Gasteiger partial charge in [-0.1, -0.05) is 23.8 Å². The largest absolute Gasteiger partial charge is 0.493 e. The first-order valence-corrected chi connectivity index (χ1v) is 7.88. The third-order valence-corrected chi connectivity index (χ3v) is 3.70. The molecule has 0 aliphatic carbocycles. The van der Waals surface area contributed by atoms with Gasteiger partial charge in [-0.3, -0.25) is 0 Å². The summed E-state index contributed by atoms with van der Waals surface area (Å²) >= 11 is 0. The van der Waals surface area contributed by atoms with Crippen molar-refractivity contribution in [2.45, 2.75) is 6.92 Å². The fourth-order valence-corrected chi connectivity index (χ4v) is 2.39. The van der Waals surface area contributed by atoms with Crippen LogP contribution in [0, 0.1) is 18.3 Å². The van der Waals surface area contributed by atoms with Gasteiger partial charge in [-0.15, -0.1) is 0 Å². The number of esters is 1. The maximum Gasteiger partial charge on any atom is 0.363 e. The van der Waals surface area contributed by atoms with Gasteiger partial charge in [0, 0.05) is 5.56 Å². The van der Waals surface area contributed by atoms with Gasteiger partial charge < -0.3 is 14.2 Å². The molecule has 26 heavy (non-hydrogen) atoms. The molecule has 0 unspecified atom stereocenters. The molecule has 0 amide bonds. The molecule has 1 aliphatic heterocycles. The topological polar surface area (TPSA) is 80.9 Å². The minimum Gasteiger partial charge on any atom is -0.493 e. The molecule has 0 bridgehead atoms. The lowest BCUT2D eigenvalue weighted by molar-refractivity contribution is -0.129. The van der Waals surface area contributed by atoms with E-state index in [0.29, 0.717) is 17.1 Å².